The molecule has 24 heavy (non-hydrogen) atoms. The maximum atomic E-state index is 12.0. The van der Waals surface area contributed by atoms with E-state index in [0.29, 0.717) is 19.4 Å². The first-order valence-corrected chi connectivity index (χ1v) is 8.64. The van der Waals surface area contributed by atoms with Crippen LogP contribution >= 0.6 is 11.3 Å². The van der Waals surface area contributed by atoms with Gasteiger partial charge >= 0.3 is 6.03 Å². The van der Waals surface area contributed by atoms with E-state index in [1.54, 1.807) is 7.11 Å². The number of thiazole rings is 1. The summed E-state index contributed by atoms with van der Waals surface area (Å²) in [4.78, 5) is 29.7. The largest absolute Gasteiger partial charge is 0.497 e. The van der Waals surface area contributed by atoms with E-state index >= 15 is 0 Å². The number of carbonyl (C=O) groups is 2. The molecular formula is C17H19N3O3S. The number of rotatable bonds is 5. The molecule has 0 spiro atoms. The predicted octanol–water partition coefficient (Wildman–Crippen LogP) is 2.69. The Hall–Kier alpha value is -2.41. The van der Waals surface area contributed by atoms with Crippen LogP contribution in [-0.2, 0) is 11.2 Å². The fourth-order valence-corrected chi connectivity index (χ4v) is 3.38. The predicted molar refractivity (Wildman–Crippen MR) is 92.1 cm³/mol. The number of benzene rings is 1. The number of carbonyl (C=O) groups excluding carboxylic acids is 2. The number of methoxy groups -OCH3 is 1. The van der Waals surface area contributed by atoms with Crippen LogP contribution in [0.15, 0.2) is 29.6 Å². The van der Waals surface area contributed by atoms with E-state index in [9.17, 15) is 9.59 Å². The minimum Gasteiger partial charge on any atom is -0.497 e. The highest BCUT2D eigenvalue weighted by Gasteiger charge is 2.29. The highest BCUT2D eigenvalue weighted by Crippen LogP contribution is 2.24. The number of nitrogens with one attached hydrogen (secondary N) is 1. The third-order valence-electron chi connectivity index (χ3n) is 3.88. The lowest BCUT2D eigenvalue weighted by molar-refractivity contribution is -0.130. The second kappa shape index (κ2) is 7.00. The van der Waals surface area contributed by atoms with Gasteiger partial charge in [-0.05, 0) is 31.2 Å². The molecule has 2 heterocycles. The molecule has 6 nitrogen and oxygen atoms in total. The zero-order chi connectivity index (χ0) is 17.1. The SMILES string of the molecule is COc1ccc(-c2csc(CCN3C(=O)C[C@@H](C)NC3=O)n2)cc1. The van der Waals surface area contributed by atoms with E-state index in [-0.39, 0.29) is 18.0 Å². The number of imide groups is 1. The Morgan fingerprint density at radius 2 is 2.08 bits per heavy atom. The van der Waals surface area contributed by atoms with Crippen molar-refractivity contribution in [2.24, 2.45) is 0 Å². The van der Waals surface area contributed by atoms with Gasteiger partial charge in [0.1, 0.15) is 5.75 Å². The van der Waals surface area contributed by atoms with Crippen molar-refractivity contribution in [1.82, 2.24) is 15.2 Å². The molecule has 0 unspecified atom stereocenters. The zero-order valence-electron chi connectivity index (χ0n) is 13.6. The molecule has 126 valence electrons. The van der Waals surface area contributed by atoms with Gasteiger partial charge in [-0.3, -0.25) is 9.69 Å². The lowest BCUT2D eigenvalue weighted by Gasteiger charge is -2.29. The molecule has 3 amide bonds. The molecule has 0 aliphatic carbocycles. The van der Waals surface area contributed by atoms with E-state index in [0.717, 1.165) is 22.0 Å². The molecule has 1 aliphatic rings. The van der Waals surface area contributed by atoms with Gasteiger partial charge in [0, 0.05) is 36.4 Å². The molecule has 3 rings (SSSR count). The molecule has 1 saturated heterocycles. The van der Waals surface area contributed by atoms with Crippen LogP contribution in [0.2, 0.25) is 0 Å². The summed E-state index contributed by atoms with van der Waals surface area (Å²) in [5, 5.41) is 5.66. The van der Waals surface area contributed by atoms with E-state index in [1.165, 1.54) is 16.2 Å². The molecule has 0 saturated carbocycles. The Balaban J connectivity index is 1.63. The average molecular weight is 345 g/mol. The first-order chi connectivity index (χ1) is 11.6. The number of aromatic nitrogens is 1. The average Bonchev–Trinajstić information content (AvgIpc) is 3.03. The summed E-state index contributed by atoms with van der Waals surface area (Å²) in [5.74, 6) is 0.677. The Morgan fingerprint density at radius 3 is 2.75 bits per heavy atom. The van der Waals surface area contributed by atoms with E-state index in [4.69, 9.17) is 4.74 Å². The van der Waals surface area contributed by atoms with Crippen LogP contribution in [0.25, 0.3) is 11.3 Å². The van der Waals surface area contributed by atoms with Gasteiger partial charge in [-0.15, -0.1) is 11.3 Å². The maximum absolute atomic E-state index is 12.0. The highest BCUT2D eigenvalue weighted by molar-refractivity contribution is 7.09. The lowest BCUT2D eigenvalue weighted by Crippen LogP contribution is -2.54. The smallest absolute Gasteiger partial charge is 0.324 e. The molecule has 1 aliphatic heterocycles. The van der Waals surface area contributed by atoms with E-state index in [2.05, 4.69) is 10.3 Å². The van der Waals surface area contributed by atoms with Crippen molar-refractivity contribution in [2.75, 3.05) is 13.7 Å². The van der Waals surface area contributed by atoms with Crippen LogP contribution < -0.4 is 10.1 Å². The summed E-state index contributed by atoms with van der Waals surface area (Å²) < 4.78 is 5.15. The van der Waals surface area contributed by atoms with Gasteiger partial charge in [0.15, 0.2) is 0 Å². The Bertz CT molecular complexity index is 724. The van der Waals surface area contributed by atoms with Crippen LogP contribution in [0.1, 0.15) is 18.4 Å². The number of urea groups is 1. The van der Waals surface area contributed by atoms with Crippen LogP contribution in [0.5, 0.6) is 5.75 Å². The molecule has 1 atom stereocenters. The molecule has 7 heteroatoms. The summed E-state index contributed by atoms with van der Waals surface area (Å²) in [6.45, 7) is 2.18. The van der Waals surface area contributed by atoms with Gasteiger partial charge in [-0.1, -0.05) is 0 Å². The van der Waals surface area contributed by atoms with Gasteiger partial charge in [0.05, 0.1) is 17.8 Å². The van der Waals surface area contributed by atoms with E-state index in [1.807, 2.05) is 36.6 Å². The summed E-state index contributed by atoms with van der Waals surface area (Å²) >= 11 is 1.53. The molecular weight excluding hydrogens is 326 g/mol. The van der Waals surface area contributed by atoms with Crippen molar-refractivity contribution < 1.29 is 14.3 Å². The normalized spacial score (nSPS) is 17.8. The molecule has 1 aromatic heterocycles. The van der Waals surface area contributed by atoms with Crippen molar-refractivity contribution >= 4 is 23.3 Å². The Kier molecular flexibility index (Phi) is 4.80. The molecule has 1 fully saturated rings. The standard InChI is InChI=1S/C17H19N3O3S/c1-11-9-16(21)20(17(22)18-11)8-7-15-19-14(10-24-15)12-3-5-13(23-2)6-4-12/h3-6,10-11H,7-9H2,1-2H3,(H,18,22)/t11-/m1/s1. The van der Waals surface area contributed by atoms with Crippen molar-refractivity contribution in [1.29, 1.82) is 0 Å². The molecule has 1 N–H and O–H groups in total. The first kappa shape index (κ1) is 16.4. The Morgan fingerprint density at radius 1 is 1.33 bits per heavy atom. The number of hydrogen-bond acceptors (Lipinski definition) is 5. The van der Waals surface area contributed by atoms with Gasteiger partial charge < -0.3 is 10.1 Å². The lowest BCUT2D eigenvalue weighted by atomic mass is 10.1. The maximum Gasteiger partial charge on any atom is 0.324 e. The second-order valence-corrected chi connectivity index (χ2v) is 6.65. The second-order valence-electron chi connectivity index (χ2n) is 5.71. The monoisotopic (exact) mass is 345 g/mol. The van der Waals surface area contributed by atoms with Crippen LogP contribution in [-0.4, -0.2) is 41.5 Å². The quantitative estimate of drug-likeness (QED) is 0.904. The van der Waals surface area contributed by atoms with Crippen molar-refractivity contribution in [3.63, 3.8) is 0 Å². The summed E-state index contributed by atoms with van der Waals surface area (Å²) in [7, 11) is 1.63. The Labute approximate surface area is 144 Å². The minimum atomic E-state index is -0.314. The third-order valence-corrected chi connectivity index (χ3v) is 4.79. The fraction of sp³-hybridized carbons (Fsp3) is 0.353. The number of amides is 3. The van der Waals surface area contributed by atoms with Gasteiger partial charge in [0.25, 0.3) is 0 Å². The van der Waals surface area contributed by atoms with Gasteiger partial charge in [-0.25, -0.2) is 9.78 Å². The number of nitrogens with zero attached hydrogens (tertiary/aromatic N) is 2. The van der Waals surface area contributed by atoms with Gasteiger partial charge in [0.2, 0.25) is 5.91 Å². The fourth-order valence-electron chi connectivity index (χ4n) is 2.58. The van der Waals surface area contributed by atoms with Crippen molar-refractivity contribution in [3.05, 3.63) is 34.7 Å². The molecule has 1 aromatic carbocycles. The molecule has 0 radical (unpaired) electrons. The summed E-state index contributed by atoms with van der Waals surface area (Å²) in [6, 6.07) is 7.30. The zero-order valence-corrected chi connectivity index (χ0v) is 14.4. The summed E-state index contributed by atoms with van der Waals surface area (Å²) in [5.41, 5.74) is 1.90. The number of ether oxygens (including phenoxy) is 1. The van der Waals surface area contributed by atoms with Crippen LogP contribution in [0.3, 0.4) is 0 Å². The number of hydrogen-bond donors (Lipinski definition) is 1. The highest BCUT2D eigenvalue weighted by atomic mass is 32.1. The third kappa shape index (κ3) is 3.56. The van der Waals surface area contributed by atoms with E-state index < -0.39 is 0 Å². The minimum absolute atomic E-state index is 0.0946. The first-order valence-electron chi connectivity index (χ1n) is 7.76. The van der Waals surface area contributed by atoms with Crippen LogP contribution in [0, 0.1) is 0 Å². The molecule has 2 aromatic rings. The molecule has 0 bridgehead atoms. The van der Waals surface area contributed by atoms with Gasteiger partial charge in [-0.2, -0.15) is 0 Å². The van der Waals surface area contributed by atoms with Crippen molar-refractivity contribution in [3.8, 4) is 17.0 Å². The van der Waals surface area contributed by atoms with Crippen molar-refractivity contribution in [2.45, 2.75) is 25.8 Å². The topological polar surface area (TPSA) is 71.5 Å². The van der Waals surface area contributed by atoms with Crippen LogP contribution in [0.4, 0.5) is 4.79 Å². The summed E-state index contributed by atoms with van der Waals surface area (Å²) in [6.07, 6.45) is 0.912.